The predicted octanol–water partition coefficient (Wildman–Crippen LogP) is 1.21. The van der Waals surface area contributed by atoms with E-state index in [0.717, 1.165) is 6.07 Å². The molecule has 0 radical (unpaired) electrons. The van der Waals surface area contributed by atoms with E-state index in [1.165, 1.54) is 18.2 Å². The molecule has 0 fully saturated rings. The molecule has 1 rings (SSSR count). The molecular weight excluding hydrogens is 365 g/mol. The summed E-state index contributed by atoms with van der Waals surface area (Å²) < 4.78 is 66.7. The lowest BCUT2D eigenvalue weighted by atomic mass is 10.2. The van der Waals surface area contributed by atoms with Crippen LogP contribution in [0.3, 0.4) is 0 Å². The van der Waals surface area contributed by atoms with Crippen LogP contribution in [0.25, 0.3) is 0 Å². The van der Waals surface area contributed by atoms with Crippen LogP contribution in [0.4, 0.5) is 13.2 Å². The second-order valence-electron chi connectivity index (χ2n) is 4.89. The van der Waals surface area contributed by atoms with Gasteiger partial charge in [-0.15, -0.1) is 0 Å². The number of halogens is 3. The summed E-state index contributed by atoms with van der Waals surface area (Å²) in [4.78, 5) is 22.8. The van der Waals surface area contributed by atoms with E-state index >= 15 is 0 Å². The van der Waals surface area contributed by atoms with Crippen LogP contribution >= 0.6 is 0 Å². The number of ether oxygens (including phenoxy) is 1. The third kappa shape index (κ3) is 7.52. The van der Waals surface area contributed by atoms with Gasteiger partial charge in [-0.3, -0.25) is 4.79 Å². The predicted molar refractivity (Wildman–Crippen MR) is 81.3 cm³/mol. The van der Waals surface area contributed by atoms with Gasteiger partial charge in [-0.2, -0.15) is 13.2 Å². The van der Waals surface area contributed by atoms with E-state index in [2.05, 4.69) is 9.46 Å². The Balaban J connectivity index is 2.68. The Hall–Kier alpha value is -2.14. The second kappa shape index (κ2) is 8.81. The van der Waals surface area contributed by atoms with Gasteiger partial charge in [0.05, 0.1) is 10.5 Å². The number of nitrogens with one attached hydrogen (secondary N) is 2. The van der Waals surface area contributed by atoms with E-state index in [0.29, 0.717) is 6.42 Å². The van der Waals surface area contributed by atoms with Gasteiger partial charge in [0.2, 0.25) is 10.0 Å². The average Bonchev–Trinajstić information content (AvgIpc) is 2.55. The van der Waals surface area contributed by atoms with E-state index < -0.39 is 41.2 Å². The largest absolute Gasteiger partial charge is 0.452 e. The molecule has 11 heteroatoms. The molecule has 1 amide bonds. The summed E-state index contributed by atoms with van der Waals surface area (Å²) in [6, 6.07) is 4.88. The van der Waals surface area contributed by atoms with Crippen LogP contribution in [-0.2, 0) is 19.6 Å². The van der Waals surface area contributed by atoms with Gasteiger partial charge in [0.15, 0.2) is 6.61 Å². The summed E-state index contributed by atoms with van der Waals surface area (Å²) >= 11 is 0. The van der Waals surface area contributed by atoms with Gasteiger partial charge in [0.25, 0.3) is 5.91 Å². The Bertz CT molecular complexity index is 719. The molecule has 0 atom stereocenters. The Morgan fingerprint density at radius 1 is 1.24 bits per heavy atom. The number of rotatable bonds is 8. The number of carbonyl (C=O) groups excluding carboxylic acids is 2. The fraction of sp³-hybridized carbons (Fsp3) is 0.429. The molecular formula is C14H17F3N2O5S. The van der Waals surface area contributed by atoms with Crippen LogP contribution in [0.15, 0.2) is 29.2 Å². The molecule has 0 aliphatic rings. The smallest absolute Gasteiger partial charge is 0.405 e. The molecule has 1 aromatic rings. The van der Waals surface area contributed by atoms with E-state index in [1.807, 2.05) is 0 Å². The minimum atomic E-state index is -4.58. The summed E-state index contributed by atoms with van der Waals surface area (Å²) in [5.41, 5.74) is -0.150. The highest BCUT2D eigenvalue weighted by Crippen LogP contribution is 2.13. The first kappa shape index (κ1) is 20.9. The number of benzene rings is 1. The van der Waals surface area contributed by atoms with Crippen molar-refractivity contribution < 1.29 is 35.9 Å². The Kier molecular flexibility index (Phi) is 7.37. The summed E-state index contributed by atoms with van der Waals surface area (Å²) in [7, 11) is -3.80. The normalized spacial score (nSPS) is 11.8. The van der Waals surface area contributed by atoms with E-state index in [-0.39, 0.29) is 17.0 Å². The molecule has 2 N–H and O–H groups in total. The van der Waals surface area contributed by atoms with Gasteiger partial charge in [0.1, 0.15) is 6.54 Å². The molecule has 25 heavy (non-hydrogen) atoms. The number of hydrogen-bond donors (Lipinski definition) is 2. The molecule has 0 heterocycles. The SMILES string of the molecule is CCCNS(=O)(=O)c1cccc(C(=O)OCC(=O)NCC(F)(F)F)c1. The lowest BCUT2D eigenvalue weighted by Crippen LogP contribution is -2.36. The molecule has 0 saturated heterocycles. The lowest BCUT2D eigenvalue weighted by molar-refractivity contribution is -0.140. The number of alkyl halides is 3. The molecule has 0 unspecified atom stereocenters. The first-order valence-electron chi connectivity index (χ1n) is 7.15. The maximum Gasteiger partial charge on any atom is 0.405 e. The maximum absolute atomic E-state index is 12.0. The van der Waals surface area contributed by atoms with Gasteiger partial charge < -0.3 is 10.1 Å². The second-order valence-corrected chi connectivity index (χ2v) is 6.66. The highest BCUT2D eigenvalue weighted by molar-refractivity contribution is 7.89. The minimum absolute atomic E-state index is 0.150. The monoisotopic (exact) mass is 382 g/mol. The molecule has 0 saturated carbocycles. The number of carbonyl (C=O) groups is 2. The third-order valence-corrected chi connectivity index (χ3v) is 4.20. The van der Waals surface area contributed by atoms with Crippen molar-refractivity contribution in [2.24, 2.45) is 0 Å². The standard InChI is InChI=1S/C14H17F3N2O5S/c1-2-6-19-25(22,23)11-5-3-4-10(7-11)13(21)24-8-12(20)18-9-14(15,16)17/h3-5,7,19H,2,6,8-9H2,1H3,(H,18,20). The van der Waals surface area contributed by atoms with Crippen molar-refractivity contribution in [3.63, 3.8) is 0 Å². The maximum atomic E-state index is 12.0. The van der Waals surface area contributed by atoms with Crippen LogP contribution in [0.1, 0.15) is 23.7 Å². The minimum Gasteiger partial charge on any atom is -0.452 e. The fourth-order valence-electron chi connectivity index (χ4n) is 1.57. The van der Waals surface area contributed by atoms with Crippen molar-refractivity contribution in [3.05, 3.63) is 29.8 Å². The molecule has 0 aliphatic carbocycles. The molecule has 0 bridgehead atoms. The third-order valence-electron chi connectivity index (χ3n) is 2.74. The Labute approximate surface area is 142 Å². The van der Waals surface area contributed by atoms with Gasteiger partial charge in [-0.1, -0.05) is 13.0 Å². The fourth-order valence-corrected chi connectivity index (χ4v) is 2.75. The highest BCUT2D eigenvalue weighted by atomic mass is 32.2. The number of esters is 1. The van der Waals surface area contributed by atoms with Crippen LogP contribution in [0.2, 0.25) is 0 Å². The first-order valence-corrected chi connectivity index (χ1v) is 8.64. The van der Waals surface area contributed by atoms with Crippen molar-refractivity contribution >= 4 is 21.9 Å². The van der Waals surface area contributed by atoms with Gasteiger partial charge in [-0.05, 0) is 24.6 Å². The van der Waals surface area contributed by atoms with Crippen LogP contribution in [0.5, 0.6) is 0 Å². The number of amides is 1. The van der Waals surface area contributed by atoms with Crippen molar-refractivity contribution in [2.75, 3.05) is 19.7 Å². The van der Waals surface area contributed by atoms with Crippen molar-refractivity contribution in [3.8, 4) is 0 Å². The van der Waals surface area contributed by atoms with E-state index in [9.17, 15) is 31.2 Å². The highest BCUT2D eigenvalue weighted by Gasteiger charge is 2.27. The first-order chi connectivity index (χ1) is 11.5. The molecule has 1 aromatic carbocycles. The van der Waals surface area contributed by atoms with Crippen LogP contribution < -0.4 is 10.0 Å². The summed E-state index contributed by atoms with van der Waals surface area (Å²) in [5, 5.41) is 1.54. The number of sulfonamides is 1. The molecule has 7 nitrogen and oxygen atoms in total. The molecule has 0 spiro atoms. The van der Waals surface area contributed by atoms with E-state index in [4.69, 9.17) is 0 Å². The van der Waals surface area contributed by atoms with Gasteiger partial charge >= 0.3 is 12.1 Å². The van der Waals surface area contributed by atoms with E-state index in [1.54, 1.807) is 12.2 Å². The lowest BCUT2D eigenvalue weighted by Gasteiger charge is -2.09. The zero-order valence-corrected chi connectivity index (χ0v) is 14.0. The Morgan fingerprint density at radius 3 is 2.52 bits per heavy atom. The number of hydrogen-bond acceptors (Lipinski definition) is 5. The topological polar surface area (TPSA) is 102 Å². The summed E-state index contributed by atoms with van der Waals surface area (Å²) in [6.45, 7) is -0.462. The zero-order chi connectivity index (χ0) is 19.1. The summed E-state index contributed by atoms with van der Waals surface area (Å²) in [5.74, 6) is -2.16. The Morgan fingerprint density at radius 2 is 1.92 bits per heavy atom. The van der Waals surface area contributed by atoms with Gasteiger partial charge in [0, 0.05) is 6.54 Å². The van der Waals surface area contributed by atoms with Crippen molar-refractivity contribution in [1.29, 1.82) is 0 Å². The quantitative estimate of drug-likeness (QED) is 0.658. The van der Waals surface area contributed by atoms with Gasteiger partial charge in [-0.25, -0.2) is 17.9 Å². The van der Waals surface area contributed by atoms with Crippen LogP contribution in [0, 0.1) is 0 Å². The average molecular weight is 382 g/mol. The molecule has 0 aromatic heterocycles. The summed E-state index contributed by atoms with van der Waals surface area (Å²) in [6.07, 6.45) is -4.00. The molecule has 0 aliphatic heterocycles. The van der Waals surface area contributed by atoms with Crippen molar-refractivity contribution in [1.82, 2.24) is 10.0 Å². The zero-order valence-electron chi connectivity index (χ0n) is 13.2. The molecule has 140 valence electrons. The van der Waals surface area contributed by atoms with Crippen molar-refractivity contribution in [2.45, 2.75) is 24.4 Å². The van der Waals surface area contributed by atoms with Crippen LogP contribution in [-0.4, -0.2) is 46.2 Å².